The Morgan fingerprint density at radius 1 is 1.47 bits per heavy atom. The number of pyridine rings is 1. The number of nitrogens with zero attached hydrogens (tertiary/aromatic N) is 1. The molecular weight excluding hydrogens is 242 g/mol. The molecular formula is C15H21NO3. The summed E-state index contributed by atoms with van der Waals surface area (Å²) in [5.41, 5.74) is 2.72. The molecule has 19 heavy (non-hydrogen) atoms. The normalized spacial score (nSPS) is 22.5. The first-order valence-corrected chi connectivity index (χ1v) is 6.70. The standard InChI is InChI=1S/C15H21NO3/c1-9-8-16-12(11(3)15(9)18-4)7-13(17)14-6-5-10(2)19-14/h8,10,14H,5-7H2,1-4H3. The van der Waals surface area contributed by atoms with E-state index < -0.39 is 0 Å². The lowest BCUT2D eigenvalue weighted by Gasteiger charge is -2.14. The van der Waals surface area contributed by atoms with Gasteiger partial charge in [0.25, 0.3) is 0 Å². The highest BCUT2D eigenvalue weighted by atomic mass is 16.5. The number of methoxy groups -OCH3 is 1. The van der Waals surface area contributed by atoms with Crippen LogP contribution in [0.5, 0.6) is 5.75 Å². The van der Waals surface area contributed by atoms with Gasteiger partial charge in [-0.25, -0.2) is 0 Å². The molecule has 4 heteroatoms. The molecule has 0 aliphatic carbocycles. The number of carbonyl (C=O) groups excluding carboxylic acids is 1. The molecule has 0 aromatic carbocycles. The molecule has 0 saturated carbocycles. The number of aryl methyl sites for hydroxylation is 1. The predicted molar refractivity (Wildman–Crippen MR) is 72.5 cm³/mol. The van der Waals surface area contributed by atoms with Crippen molar-refractivity contribution in [1.82, 2.24) is 4.98 Å². The van der Waals surface area contributed by atoms with Gasteiger partial charge in [0, 0.05) is 17.3 Å². The Hall–Kier alpha value is -1.42. The van der Waals surface area contributed by atoms with E-state index >= 15 is 0 Å². The fourth-order valence-electron chi connectivity index (χ4n) is 2.57. The maximum atomic E-state index is 12.2. The van der Waals surface area contributed by atoms with E-state index in [1.54, 1.807) is 13.3 Å². The molecule has 0 N–H and O–H groups in total. The lowest BCUT2D eigenvalue weighted by Crippen LogP contribution is -2.23. The smallest absolute Gasteiger partial charge is 0.167 e. The van der Waals surface area contributed by atoms with Crippen LogP contribution in [0.4, 0.5) is 0 Å². The Morgan fingerprint density at radius 3 is 2.79 bits per heavy atom. The van der Waals surface area contributed by atoms with Gasteiger partial charge in [-0.05, 0) is 33.6 Å². The third-order valence-electron chi connectivity index (χ3n) is 3.68. The zero-order valence-electron chi connectivity index (χ0n) is 12.0. The molecule has 2 rings (SSSR count). The lowest BCUT2D eigenvalue weighted by molar-refractivity contribution is -0.128. The molecule has 104 valence electrons. The van der Waals surface area contributed by atoms with Crippen LogP contribution in [0.3, 0.4) is 0 Å². The topological polar surface area (TPSA) is 48.4 Å². The van der Waals surface area contributed by atoms with Gasteiger partial charge in [-0.3, -0.25) is 9.78 Å². The van der Waals surface area contributed by atoms with Crippen molar-refractivity contribution < 1.29 is 14.3 Å². The maximum Gasteiger partial charge on any atom is 0.167 e. The van der Waals surface area contributed by atoms with Crippen molar-refractivity contribution in [3.63, 3.8) is 0 Å². The number of ether oxygens (including phenoxy) is 2. The highest BCUT2D eigenvalue weighted by molar-refractivity contribution is 5.85. The summed E-state index contributed by atoms with van der Waals surface area (Å²) in [4.78, 5) is 16.6. The zero-order chi connectivity index (χ0) is 14.0. The summed E-state index contributed by atoms with van der Waals surface area (Å²) in [6.07, 6.45) is 3.79. The van der Waals surface area contributed by atoms with Gasteiger partial charge in [-0.1, -0.05) is 0 Å². The summed E-state index contributed by atoms with van der Waals surface area (Å²) < 4.78 is 11.0. The quantitative estimate of drug-likeness (QED) is 0.837. The van der Waals surface area contributed by atoms with Crippen LogP contribution in [0.15, 0.2) is 6.20 Å². The van der Waals surface area contributed by atoms with Crippen molar-refractivity contribution in [2.24, 2.45) is 0 Å². The number of carbonyl (C=O) groups is 1. The molecule has 1 aliphatic rings. The third kappa shape index (κ3) is 2.95. The Balaban J connectivity index is 2.13. The largest absolute Gasteiger partial charge is 0.496 e. The summed E-state index contributed by atoms with van der Waals surface area (Å²) >= 11 is 0. The number of Topliss-reactive ketones (excluding diaryl/α,β-unsaturated/α-hetero) is 1. The minimum atomic E-state index is -0.261. The fourth-order valence-corrected chi connectivity index (χ4v) is 2.57. The van der Waals surface area contributed by atoms with Crippen LogP contribution in [0.25, 0.3) is 0 Å². The van der Waals surface area contributed by atoms with Gasteiger partial charge in [0.1, 0.15) is 11.9 Å². The van der Waals surface area contributed by atoms with Crippen molar-refractivity contribution in [2.45, 2.75) is 52.2 Å². The van der Waals surface area contributed by atoms with Crippen molar-refractivity contribution in [1.29, 1.82) is 0 Å². The van der Waals surface area contributed by atoms with E-state index in [1.165, 1.54) is 0 Å². The van der Waals surface area contributed by atoms with Crippen LogP contribution < -0.4 is 4.74 Å². The summed E-state index contributed by atoms with van der Waals surface area (Å²) in [6.45, 7) is 5.90. The van der Waals surface area contributed by atoms with Gasteiger partial charge < -0.3 is 9.47 Å². The SMILES string of the molecule is COc1c(C)cnc(CC(=O)C2CCC(C)O2)c1C. The minimum Gasteiger partial charge on any atom is -0.496 e. The van der Waals surface area contributed by atoms with E-state index in [-0.39, 0.29) is 18.0 Å². The van der Waals surface area contributed by atoms with Crippen LogP contribution in [-0.2, 0) is 16.0 Å². The number of aromatic nitrogens is 1. The van der Waals surface area contributed by atoms with Gasteiger partial charge in [0.2, 0.25) is 0 Å². The second-order valence-electron chi connectivity index (χ2n) is 5.20. The van der Waals surface area contributed by atoms with Crippen molar-refractivity contribution in [3.8, 4) is 5.75 Å². The average molecular weight is 263 g/mol. The van der Waals surface area contributed by atoms with Crippen molar-refractivity contribution in [2.75, 3.05) is 7.11 Å². The van der Waals surface area contributed by atoms with Crippen LogP contribution in [-0.4, -0.2) is 30.1 Å². The molecule has 2 unspecified atom stereocenters. The van der Waals surface area contributed by atoms with Crippen LogP contribution in [0, 0.1) is 13.8 Å². The molecule has 2 atom stereocenters. The van der Waals surface area contributed by atoms with E-state index in [9.17, 15) is 4.79 Å². The van der Waals surface area contributed by atoms with Crippen LogP contribution in [0.1, 0.15) is 36.6 Å². The van der Waals surface area contributed by atoms with E-state index in [0.717, 1.165) is 35.4 Å². The molecule has 0 spiro atoms. The highest BCUT2D eigenvalue weighted by Crippen LogP contribution is 2.26. The Morgan fingerprint density at radius 2 is 2.21 bits per heavy atom. The first kappa shape index (κ1) is 14.0. The highest BCUT2D eigenvalue weighted by Gasteiger charge is 2.28. The summed E-state index contributed by atoms with van der Waals surface area (Å²) in [5.74, 6) is 0.935. The summed E-state index contributed by atoms with van der Waals surface area (Å²) in [6, 6.07) is 0. The van der Waals surface area contributed by atoms with E-state index in [0.29, 0.717) is 6.42 Å². The van der Waals surface area contributed by atoms with Gasteiger partial charge in [0.15, 0.2) is 5.78 Å². The maximum absolute atomic E-state index is 12.2. The number of hydrogen-bond acceptors (Lipinski definition) is 4. The Kier molecular flexibility index (Phi) is 4.20. The van der Waals surface area contributed by atoms with Crippen molar-refractivity contribution in [3.05, 3.63) is 23.0 Å². The average Bonchev–Trinajstić information content (AvgIpc) is 2.80. The van der Waals surface area contributed by atoms with Crippen LogP contribution in [0.2, 0.25) is 0 Å². The molecule has 2 heterocycles. The molecule has 1 aliphatic heterocycles. The Bertz CT molecular complexity index is 485. The zero-order valence-corrected chi connectivity index (χ0v) is 12.0. The van der Waals surface area contributed by atoms with Crippen molar-refractivity contribution >= 4 is 5.78 Å². The van der Waals surface area contributed by atoms with E-state index in [1.807, 2.05) is 20.8 Å². The monoisotopic (exact) mass is 263 g/mol. The number of hydrogen-bond donors (Lipinski definition) is 0. The number of rotatable bonds is 4. The lowest BCUT2D eigenvalue weighted by atomic mass is 10.0. The first-order valence-electron chi connectivity index (χ1n) is 6.70. The van der Waals surface area contributed by atoms with Gasteiger partial charge in [-0.15, -0.1) is 0 Å². The molecule has 0 amide bonds. The fraction of sp³-hybridized carbons (Fsp3) is 0.600. The second-order valence-corrected chi connectivity index (χ2v) is 5.20. The molecule has 1 saturated heterocycles. The van der Waals surface area contributed by atoms with Gasteiger partial charge in [0.05, 0.1) is 25.3 Å². The molecule has 4 nitrogen and oxygen atoms in total. The second kappa shape index (κ2) is 5.70. The molecule has 1 aromatic rings. The molecule has 0 bridgehead atoms. The third-order valence-corrected chi connectivity index (χ3v) is 3.68. The molecule has 1 aromatic heterocycles. The summed E-state index contributed by atoms with van der Waals surface area (Å²) in [7, 11) is 1.64. The van der Waals surface area contributed by atoms with E-state index in [4.69, 9.17) is 9.47 Å². The Labute approximate surface area is 114 Å². The molecule has 1 fully saturated rings. The predicted octanol–water partition coefficient (Wildman–Crippen LogP) is 2.39. The van der Waals surface area contributed by atoms with E-state index in [2.05, 4.69) is 4.98 Å². The summed E-state index contributed by atoms with van der Waals surface area (Å²) in [5, 5.41) is 0. The minimum absolute atomic E-state index is 0.117. The first-order chi connectivity index (χ1) is 9.02. The van der Waals surface area contributed by atoms with Crippen LogP contribution >= 0.6 is 0 Å². The van der Waals surface area contributed by atoms with Gasteiger partial charge >= 0.3 is 0 Å². The van der Waals surface area contributed by atoms with Gasteiger partial charge in [-0.2, -0.15) is 0 Å². The number of ketones is 1. The molecule has 0 radical (unpaired) electrons.